The zero-order valence-corrected chi connectivity index (χ0v) is 5.63. The van der Waals surface area contributed by atoms with Crippen molar-refractivity contribution in [2.24, 2.45) is 0 Å². The van der Waals surface area contributed by atoms with Crippen molar-refractivity contribution in [3.63, 3.8) is 0 Å². The summed E-state index contributed by atoms with van der Waals surface area (Å²) in [5.74, 6) is 0. The van der Waals surface area contributed by atoms with Crippen LogP contribution in [0.5, 0.6) is 0 Å². The van der Waals surface area contributed by atoms with Crippen LogP contribution in [0, 0.1) is 0 Å². The number of hydrogen-bond acceptors (Lipinski definition) is 3. The number of carboxylic acid groups (broad SMARTS) is 1. The fraction of sp³-hybridized carbons (Fsp3) is 0.667. The van der Waals surface area contributed by atoms with Crippen molar-refractivity contribution in [2.45, 2.75) is 11.1 Å². The maximum atomic E-state index is 9.61. The molecule has 0 aromatic carbocycles. The van der Waals surface area contributed by atoms with Gasteiger partial charge < -0.3 is 14.9 Å². The number of alkyl halides is 2. The van der Waals surface area contributed by atoms with Crippen molar-refractivity contribution in [3.8, 4) is 0 Å². The van der Waals surface area contributed by atoms with Gasteiger partial charge in [0.2, 0.25) is 6.29 Å². The lowest BCUT2D eigenvalue weighted by Gasteiger charge is -2.08. The number of hydrogen-bond donors (Lipinski definition) is 2. The van der Waals surface area contributed by atoms with Crippen LogP contribution in [-0.4, -0.2) is 27.5 Å². The Bertz CT molecular complexity index is 104. The Hall–Kier alpha value is -0.190. The molecule has 2 N–H and O–H groups in total. The van der Waals surface area contributed by atoms with Gasteiger partial charge in [0.05, 0.1) is 0 Å². The molecule has 1 atom stereocenters. The Morgan fingerprint density at radius 2 is 2.00 bits per heavy atom. The SMILES string of the molecule is O=C(O)OC(O)C(Cl)Cl. The van der Waals surface area contributed by atoms with Gasteiger partial charge in [-0.05, 0) is 0 Å². The molecule has 0 rings (SSSR count). The number of aliphatic hydroxyl groups is 1. The van der Waals surface area contributed by atoms with Gasteiger partial charge in [-0.15, -0.1) is 0 Å². The lowest BCUT2D eigenvalue weighted by atomic mass is 10.7. The molecule has 0 saturated heterocycles. The summed E-state index contributed by atoms with van der Waals surface area (Å²) in [4.78, 5) is 8.37. The summed E-state index contributed by atoms with van der Waals surface area (Å²) in [5.41, 5.74) is 0. The summed E-state index contributed by atoms with van der Waals surface area (Å²) in [7, 11) is 0. The molecule has 0 spiro atoms. The first kappa shape index (κ1) is 8.81. The average molecular weight is 175 g/mol. The maximum Gasteiger partial charge on any atom is 0.508 e. The van der Waals surface area contributed by atoms with Crippen LogP contribution >= 0.6 is 23.2 Å². The highest BCUT2D eigenvalue weighted by atomic mass is 35.5. The van der Waals surface area contributed by atoms with E-state index in [2.05, 4.69) is 4.74 Å². The molecule has 0 aromatic heterocycles. The van der Waals surface area contributed by atoms with Crippen LogP contribution < -0.4 is 0 Å². The molecule has 0 aliphatic rings. The first-order valence-corrected chi connectivity index (χ1v) is 2.77. The Balaban J connectivity index is 3.50. The molecule has 1 unspecified atom stereocenters. The quantitative estimate of drug-likeness (QED) is 0.370. The molecule has 0 fully saturated rings. The fourth-order valence-corrected chi connectivity index (χ4v) is 0.258. The van der Waals surface area contributed by atoms with E-state index in [0.29, 0.717) is 0 Å². The van der Waals surface area contributed by atoms with E-state index in [1.165, 1.54) is 0 Å². The fourth-order valence-electron chi connectivity index (χ4n) is 0.155. The van der Waals surface area contributed by atoms with Crippen molar-refractivity contribution in [1.29, 1.82) is 0 Å². The van der Waals surface area contributed by atoms with Crippen LogP contribution in [0.3, 0.4) is 0 Å². The number of carbonyl (C=O) groups is 1. The highest BCUT2D eigenvalue weighted by Crippen LogP contribution is 2.08. The van der Waals surface area contributed by atoms with Gasteiger partial charge >= 0.3 is 6.16 Å². The first-order valence-electron chi connectivity index (χ1n) is 1.90. The summed E-state index contributed by atoms with van der Waals surface area (Å²) < 4.78 is 3.72. The van der Waals surface area contributed by atoms with Gasteiger partial charge in [-0.3, -0.25) is 0 Å². The molecule has 0 aromatic rings. The zero-order valence-electron chi connectivity index (χ0n) is 4.12. The minimum atomic E-state index is -1.68. The Kier molecular flexibility index (Phi) is 3.68. The summed E-state index contributed by atoms with van der Waals surface area (Å²) in [6, 6.07) is 0. The molecule has 0 aliphatic carbocycles. The van der Waals surface area contributed by atoms with Gasteiger partial charge in [0.25, 0.3) is 0 Å². The standard InChI is InChI=1S/C3H4Cl2O4/c4-1(5)2(6)9-3(7)8/h1-2,6H,(H,7,8). The smallest absolute Gasteiger partial charge is 0.450 e. The van der Waals surface area contributed by atoms with E-state index >= 15 is 0 Å². The first-order chi connectivity index (χ1) is 4.04. The van der Waals surface area contributed by atoms with Gasteiger partial charge in [-0.1, -0.05) is 23.2 Å². The monoisotopic (exact) mass is 174 g/mol. The highest BCUT2D eigenvalue weighted by molar-refractivity contribution is 6.44. The number of rotatable bonds is 2. The molecule has 0 heterocycles. The second kappa shape index (κ2) is 3.76. The van der Waals surface area contributed by atoms with Crippen LogP contribution in [0.25, 0.3) is 0 Å². The third-order valence-electron chi connectivity index (χ3n) is 0.437. The molecule has 0 amide bonds. The molecule has 0 radical (unpaired) electrons. The van der Waals surface area contributed by atoms with Crippen molar-refractivity contribution in [1.82, 2.24) is 0 Å². The highest BCUT2D eigenvalue weighted by Gasteiger charge is 2.16. The molecular formula is C3H4Cl2O4. The van der Waals surface area contributed by atoms with Gasteiger partial charge in [0.15, 0.2) is 4.84 Å². The van der Waals surface area contributed by atoms with Gasteiger partial charge in [0.1, 0.15) is 0 Å². The second-order valence-electron chi connectivity index (χ2n) is 1.11. The molecule has 4 nitrogen and oxygen atoms in total. The van der Waals surface area contributed by atoms with E-state index in [9.17, 15) is 4.79 Å². The summed E-state index contributed by atoms with van der Waals surface area (Å²) in [5, 5.41) is 16.3. The van der Waals surface area contributed by atoms with E-state index in [1.807, 2.05) is 0 Å². The van der Waals surface area contributed by atoms with Gasteiger partial charge in [-0.2, -0.15) is 0 Å². The van der Waals surface area contributed by atoms with E-state index in [4.69, 9.17) is 33.4 Å². The van der Waals surface area contributed by atoms with Gasteiger partial charge in [-0.25, -0.2) is 4.79 Å². The van der Waals surface area contributed by atoms with Crippen molar-refractivity contribution >= 4 is 29.4 Å². The summed E-state index contributed by atoms with van der Waals surface area (Å²) in [6.45, 7) is 0. The maximum absolute atomic E-state index is 9.61. The molecular weight excluding hydrogens is 171 g/mol. The van der Waals surface area contributed by atoms with Crippen LogP contribution in [0.4, 0.5) is 4.79 Å². The topological polar surface area (TPSA) is 66.8 Å². The van der Waals surface area contributed by atoms with E-state index in [0.717, 1.165) is 0 Å². The summed E-state index contributed by atoms with van der Waals surface area (Å²) in [6.07, 6.45) is -3.29. The molecule has 0 aliphatic heterocycles. The van der Waals surface area contributed by atoms with Crippen molar-refractivity contribution in [3.05, 3.63) is 0 Å². The number of aliphatic hydroxyl groups excluding tert-OH is 1. The Morgan fingerprint density at radius 1 is 1.56 bits per heavy atom. The van der Waals surface area contributed by atoms with Gasteiger partial charge in [0, 0.05) is 0 Å². The van der Waals surface area contributed by atoms with Crippen LogP contribution in [-0.2, 0) is 4.74 Å². The number of ether oxygens (including phenoxy) is 1. The van der Waals surface area contributed by atoms with Crippen LogP contribution in [0.1, 0.15) is 0 Å². The van der Waals surface area contributed by atoms with E-state index < -0.39 is 17.3 Å². The third-order valence-corrected chi connectivity index (χ3v) is 0.868. The lowest BCUT2D eigenvalue weighted by Crippen LogP contribution is -2.22. The normalized spacial score (nSPS) is 13.3. The zero-order chi connectivity index (χ0) is 7.44. The Labute approximate surface area is 60.9 Å². The Morgan fingerprint density at radius 3 is 2.11 bits per heavy atom. The van der Waals surface area contributed by atoms with E-state index in [-0.39, 0.29) is 0 Å². The molecule has 0 saturated carbocycles. The molecule has 6 heteroatoms. The molecule has 54 valence electrons. The average Bonchev–Trinajstić information content (AvgIpc) is 1.63. The van der Waals surface area contributed by atoms with E-state index in [1.54, 1.807) is 0 Å². The van der Waals surface area contributed by atoms with Crippen LogP contribution in [0.15, 0.2) is 0 Å². The predicted octanol–water partition coefficient (Wildman–Crippen LogP) is 0.803. The molecule has 0 bridgehead atoms. The number of halogens is 2. The predicted molar refractivity (Wildman–Crippen MR) is 30.6 cm³/mol. The minimum Gasteiger partial charge on any atom is -0.450 e. The summed E-state index contributed by atoms with van der Waals surface area (Å²) >= 11 is 10.00. The third kappa shape index (κ3) is 4.32. The minimum absolute atomic E-state index is 1.25. The van der Waals surface area contributed by atoms with Crippen LogP contribution in [0.2, 0.25) is 0 Å². The largest absolute Gasteiger partial charge is 0.508 e. The molecule has 9 heavy (non-hydrogen) atoms. The lowest BCUT2D eigenvalue weighted by molar-refractivity contribution is -0.0609. The van der Waals surface area contributed by atoms with Crippen molar-refractivity contribution in [2.75, 3.05) is 0 Å². The van der Waals surface area contributed by atoms with Crippen molar-refractivity contribution < 1.29 is 19.7 Å². The second-order valence-corrected chi connectivity index (χ2v) is 2.27.